The molecule has 5 nitrogen and oxygen atoms in total. The minimum absolute atomic E-state index is 0.0241. The summed E-state index contributed by atoms with van der Waals surface area (Å²) in [6.07, 6.45) is 0.485. The Bertz CT molecular complexity index is 448. The van der Waals surface area contributed by atoms with Crippen LogP contribution in [0.4, 0.5) is 5.69 Å². The number of rotatable bonds is 4. The Morgan fingerprint density at radius 1 is 1.53 bits per heavy atom. The molecule has 0 saturated heterocycles. The number of carboxylic acid groups (broad SMARTS) is 1. The third-order valence-electron chi connectivity index (χ3n) is 2.27. The molecule has 0 heterocycles. The third-order valence-corrected chi connectivity index (χ3v) is 2.93. The number of hydrogen-bond donors (Lipinski definition) is 3. The number of aromatic carboxylic acids is 1. The number of carbonyl (C=O) groups excluding carboxylic acids is 1. The summed E-state index contributed by atoms with van der Waals surface area (Å²) in [6, 6.07) is 4.01. The van der Waals surface area contributed by atoms with E-state index in [0.29, 0.717) is 10.9 Å². The van der Waals surface area contributed by atoms with Gasteiger partial charge in [-0.15, -0.1) is 0 Å². The molecular weight excluding hydrogens is 288 g/mol. The van der Waals surface area contributed by atoms with E-state index >= 15 is 0 Å². The van der Waals surface area contributed by atoms with Crippen LogP contribution in [0.1, 0.15) is 23.7 Å². The highest BCUT2D eigenvalue weighted by molar-refractivity contribution is 9.10. The van der Waals surface area contributed by atoms with E-state index in [4.69, 9.17) is 10.8 Å². The Kier molecular flexibility index (Phi) is 4.65. The highest BCUT2D eigenvalue weighted by Crippen LogP contribution is 2.26. The van der Waals surface area contributed by atoms with Crippen molar-refractivity contribution in [3.05, 3.63) is 28.2 Å². The molecule has 0 spiro atoms. The van der Waals surface area contributed by atoms with Crippen LogP contribution in [0, 0.1) is 0 Å². The van der Waals surface area contributed by atoms with Crippen molar-refractivity contribution >= 4 is 33.5 Å². The second-order valence-electron chi connectivity index (χ2n) is 3.47. The average molecular weight is 301 g/mol. The summed E-state index contributed by atoms with van der Waals surface area (Å²) in [5, 5.41) is 11.5. The molecule has 1 atom stereocenters. The van der Waals surface area contributed by atoms with Crippen molar-refractivity contribution < 1.29 is 14.7 Å². The van der Waals surface area contributed by atoms with Gasteiger partial charge in [0.1, 0.15) is 0 Å². The molecule has 1 aromatic rings. The summed E-state index contributed by atoms with van der Waals surface area (Å²) < 4.78 is 0.508. The lowest BCUT2D eigenvalue weighted by atomic mass is 10.1. The predicted molar refractivity (Wildman–Crippen MR) is 68.0 cm³/mol. The molecule has 1 rings (SSSR count). The van der Waals surface area contributed by atoms with Gasteiger partial charge < -0.3 is 16.2 Å². The number of nitrogens with one attached hydrogen (secondary N) is 1. The third kappa shape index (κ3) is 3.28. The highest BCUT2D eigenvalue weighted by atomic mass is 79.9. The van der Waals surface area contributed by atoms with Crippen molar-refractivity contribution in [3.63, 3.8) is 0 Å². The summed E-state index contributed by atoms with van der Waals surface area (Å²) in [5.74, 6) is -1.51. The Hall–Kier alpha value is -1.40. The molecule has 0 unspecified atom stereocenters. The Balaban J connectivity index is 3.05. The van der Waals surface area contributed by atoms with Crippen molar-refractivity contribution in [2.45, 2.75) is 19.4 Å². The molecule has 0 bridgehead atoms. The lowest BCUT2D eigenvalue weighted by Crippen LogP contribution is -2.35. The standard InChI is InChI=1S/C11H13BrN2O3/c1-2-8(13)10(15)14-9-6(11(16)17)4-3-5-7(9)12/h3-5,8H,2,13H2,1H3,(H,14,15)(H,16,17)/t8-/m0/s1. The number of benzene rings is 1. The van der Waals surface area contributed by atoms with E-state index in [1.54, 1.807) is 19.1 Å². The van der Waals surface area contributed by atoms with Gasteiger partial charge in [0.25, 0.3) is 0 Å². The molecule has 0 aliphatic carbocycles. The fraction of sp³-hybridized carbons (Fsp3) is 0.273. The maximum atomic E-state index is 11.6. The van der Waals surface area contributed by atoms with Gasteiger partial charge in [-0.05, 0) is 34.5 Å². The van der Waals surface area contributed by atoms with Crippen LogP contribution in [0.15, 0.2) is 22.7 Å². The monoisotopic (exact) mass is 300 g/mol. The first-order valence-corrected chi connectivity index (χ1v) is 5.85. The van der Waals surface area contributed by atoms with Gasteiger partial charge in [-0.1, -0.05) is 13.0 Å². The number of anilines is 1. The number of halogens is 1. The van der Waals surface area contributed by atoms with Gasteiger partial charge >= 0.3 is 5.97 Å². The lowest BCUT2D eigenvalue weighted by molar-refractivity contribution is -0.117. The minimum atomic E-state index is -1.10. The summed E-state index contributed by atoms with van der Waals surface area (Å²) in [7, 11) is 0. The maximum Gasteiger partial charge on any atom is 0.337 e. The summed E-state index contributed by atoms with van der Waals surface area (Å²) >= 11 is 3.20. The van der Waals surface area contributed by atoms with Gasteiger partial charge in [0.2, 0.25) is 5.91 Å². The molecule has 0 radical (unpaired) electrons. The molecule has 4 N–H and O–H groups in total. The zero-order chi connectivity index (χ0) is 13.0. The normalized spacial score (nSPS) is 11.9. The molecular formula is C11H13BrN2O3. The minimum Gasteiger partial charge on any atom is -0.478 e. The summed E-state index contributed by atoms with van der Waals surface area (Å²) in [4.78, 5) is 22.6. The number of nitrogens with two attached hydrogens (primary N) is 1. The molecule has 0 aliphatic rings. The number of hydrogen-bond acceptors (Lipinski definition) is 3. The average Bonchev–Trinajstić information content (AvgIpc) is 2.30. The first-order valence-electron chi connectivity index (χ1n) is 5.05. The molecule has 92 valence electrons. The second kappa shape index (κ2) is 5.79. The zero-order valence-electron chi connectivity index (χ0n) is 9.24. The molecule has 0 aromatic heterocycles. The SMILES string of the molecule is CC[C@H](N)C(=O)Nc1c(Br)cccc1C(=O)O. The van der Waals surface area contributed by atoms with E-state index in [-0.39, 0.29) is 11.3 Å². The first-order chi connectivity index (χ1) is 7.97. The smallest absolute Gasteiger partial charge is 0.337 e. The topological polar surface area (TPSA) is 92.4 Å². The number of para-hydroxylation sites is 1. The predicted octanol–water partition coefficient (Wildman–Crippen LogP) is 1.82. The number of amides is 1. The molecule has 1 aromatic carbocycles. The van der Waals surface area contributed by atoms with E-state index < -0.39 is 17.9 Å². The van der Waals surface area contributed by atoms with Gasteiger partial charge in [-0.25, -0.2) is 4.79 Å². The van der Waals surface area contributed by atoms with Crippen LogP contribution < -0.4 is 11.1 Å². The molecule has 0 aliphatic heterocycles. The quantitative estimate of drug-likeness (QED) is 0.791. The van der Waals surface area contributed by atoms with Gasteiger partial charge in [0, 0.05) is 4.47 Å². The fourth-order valence-corrected chi connectivity index (χ4v) is 1.70. The van der Waals surface area contributed by atoms with Crippen molar-refractivity contribution in [1.82, 2.24) is 0 Å². The number of carbonyl (C=O) groups is 2. The Labute approximate surface area is 107 Å². The van der Waals surface area contributed by atoms with Crippen LogP contribution in [0.2, 0.25) is 0 Å². The van der Waals surface area contributed by atoms with Crippen LogP contribution in [0.3, 0.4) is 0 Å². The Morgan fingerprint density at radius 2 is 2.18 bits per heavy atom. The van der Waals surface area contributed by atoms with Crippen LogP contribution >= 0.6 is 15.9 Å². The van der Waals surface area contributed by atoms with Crippen LogP contribution in [-0.4, -0.2) is 23.0 Å². The van der Waals surface area contributed by atoms with E-state index in [1.165, 1.54) is 6.07 Å². The second-order valence-corrected chi connectivity index (χ2v) is 4.33. The van der Waals surface area contributed by atoms with Gasteiger partial charge in [0.05, 0.1) is 17.3 Å². The number of carboxylic acids is 1. The van der Waals surface area contributed by atoms with Crippen molar-refractivity contribution in [2.75, 3.05) is 5.32 Å². The van der Waals surface area contributed by atoms with Crippen LogP contribution in [0.5, 0.6) is 0 Å². The summed E-state index contributed by atoms with van der Waals surface area (Å²) in [6.45, 7) is 1.78. The van der Waals surface area contributed by atoms with E-state index in [9.17, 15) is 9.59 Å². The van der Waals surface area contributed by atoms with Crippen molar-refractivity contribution in [1.29, 1.82) is 0 Å². The van der Waals surface area contributed by atoms with Crippen molar-refractivity contribution in [2.24, 2.45) is 5.73 Å². The molecule has 17 heavy (non-hydrogen) atoms. The van der Waals surface area contributed by atoms with Gasteiger partial charge in [-0.2, -0.15) is 0 Å². The van der Waals surface area contributed by atoms with Crippen LogP contribution in [-0.2, 0) is 4.79 Å². The zero-order valence-corrected chi connectivity index (χ0v) is 10.8. The van der Waals surface area contributed by atoms with E-state index in [1.807, 2.05) is 0 Å². The largest absolute Gasteiger partial charge is 0.478 e. The molecule has 0 fully saturated rings. The summed E-state index contributed by atoms with van der Waals surface area (Å²) in [5.41, 5.74) is 5.82. The molecule has 0 saturated carbocycles. The van der Waals surface area contributed by atoms with Crippen LogP contribution in [0.25, 0.3) is 0 Å². The van der Waals surface area contributed by atoms with E-state index in [2.05, 4.69) is 21.2 Å². The highest BCUT2D eigenvalue weighted by Gasteiger charge is 2.17. The van der Waals surface area contributed by atoms with E-state index in [0.717, 1.165) is 0 Å². The van der Waals surface area contributed by atoms with Gasteiger partial charge in [-0.3, -0.25) is 4.79 Å². The van der Waals surface area contributed by atoms with Crippen molar-refractivity contribution in [3.8, 4) is 0 Å². The molecule has 6 heteroatoms. The van der Waals surface area contributed by atoms with Gasteiger partial charge in [0.15, 0.2) is 0 Å². The fourth-order valence-electron chi connectivity index (χ4n) is 1.23. The molecule has 1 amide bonds. The maximum absolute atomic E-state index is 11.6. The first kappa shape index (κ1) is 13.7. The lowest BCUT2D eigenvalue weighted by Gasteiger charge is -2.13. The Morgan fingerprint density at radius 3 is 2.71 bits per heavy atom.